The number of nitrogens with zero attached hydrogens (tertiary/aromatic N) is 1. The number of alkyl halides is 2. The Morgan fingerprint density at radius 2 is 2.16 bits per heavy atom. The van der Waals surface area contributed by atoms with Crippen molar-refractivity contribution in [3.63, 3.8) is 0 Å². The predicted molar refractivity (Wildman–Crippen MR) is 73.3 cm³/mol. The molecule has 1 aromatic heterocycles. The first-order valence-electron chi connectivity index (χ1n) is 6.06. The lowest BCUT2D eigenvalue weighted by Crippen LogP contribution is -1.99. The Balaban J connectivity index is 2.18. The number of hydrogen-bond donors (Lipinski definition) is 0. The molecule has 0 radical (unpaired) electrons. The van der Waals surface area contributed by atoms with Crippen molar-refractivity contribution >= 4 is 23.2 Å². The van der Waals surface area contributed by atoms with Crippen LogP contribution in [0.5, 0.6) is 0 Å². The standard InChI is InChI=1S/C14H12Cl2FNO/c1-8-3-2-4-10(16)11(8)12-9(7-15)13(19-18-12)14(17)5-6-14/h2-4H,5-7H2,1H3. The van der Waals surface area contributed by atoms with Crippen LogP contribution in [-0.4, -0.2) is 5.16 Å². The molecule has 1 aromatic carbocycles. The van der Waals surface area contributed by atoms with Crippen LogP contribution < -0.4 is 0 Å². The van der Waals surface area contributed by atoms with Crippen molar-refractivity contribution in [1.29, 1.82) is 0 Å². The Hall–Kier alpha value is -1.06. The van der Waals surface area contributed by atoms with Gasteiger partial charge in [0.05, 0.1) is 10.9 Å². The van der Waals surface area contributed by atoms with Crippen LogP contribution in [0.3, 0.4) is 0 Å². The molecule has 2 aromatic rings. The van der Waals surface area contributed by atoms with E-state index in [0.29, 0.717) is 29.1 Å². The first-order chi connectivity index (χ1) is 9.07. The van der Waals surface area contributed by atoms with Crippen molar-refractivity contribution in [2.24, 2.45) is 0 Å². The summed E-state index contributed by atoms with van der Waals surface area (Å²) in [7, 11) is 0. The highest BCUT2D eigenvalue weighted by Crippen LogP contribution is 2.52. The average molecular weight is 300 g/mol. The summed E-state index contributed by atoms with van der Waals surface area (Å²) < 4.78 is 19.4. The third-order valence-electron chi connectivity index (χ3n) is 3.48. The van der Waals surface area contributed by atoms with Crippen LogP contribution in [0.1, 0.15) is 29.7 Å². The van der Waals surface area contributed by atoms with Crippen LogP contribution in [0.15, 0.2) is 22.7 Å². The number of aromatic nitrogens is 1. The molecule has 0 saturated heterocycles. The van der Waals surface area contributed by atoms with Gasteiger partial charge in [0.15, 0.2) is 11.4 Å². The van der Waals surface area contributed by atoms with Gasteiger partial charge in [-0.1, -0.05) is 28.9 Å². The molecule has 0 unspecified atom stereocenters. The van der Waals surface area contributed by atoms with Gasteiger partial charge < -0.3 is 4.52 Å². The fourth-order valence-corrected chi connectivity index (χ4v) is 2.81. The summed E-state index contributed by atoms with van der Waals surface area (Å²) in [6, 6.07) is 5.56. The zero-order chi connectivity index (χ0) is 13.6. The second-order valence-electron chi connectivity index (χ2n) is 4.87. The molecule has 0 spiro atoms. The topological polar surface area (TPSA) is 26.0 Å². The van der Waals surface area contributed by atoms with Gasteiger partial charge in [0.1, 0.15) is 5.69 Å². The quantitative estimate of drug-likeness (QED) is 0.745. The summed E-state index contributed by atoms with van der Waals surface area (Å²) in [5.74, 6) is 0.418. The second kappa shape index (κ2) is 4.50. The van der Waals surface area contributed by atoms with Crippen molar-refractivity contribution in [1.82, 2.24) is 5.16 Å². The van der Waals surface area contributed by atoms with Crippen LogP contribution in [0.25, 0.3) is 11.3 Å². The third kappa shape index (κ3) is 2.05. The summed E-state index contributed by atoms with van der Waals surface area (Å²) in [4.78, 5) is 0. The molecule has 0 amide bonds. The first-order valence-corrected chi connectivity index (χ1v) is 6.97. The zero-order valence-electron chi connectivity index (χ0n) is 10.3. The third-order valence-corrected chi connectivity index (χ3v) is 4.06. The Bertz CT molecular complexity index is 614. The van der Waals surface area contributed by atoms with E-state index in [-0.39, 0.29) is 11.6 Å². The molecule has 19 heavy (non-hydrogen) atoms. The van der Waals surface area contributed by atoms with Crippen LogP contribution in [-0.2, 0) is 11.5 Å². The minimum absolute atomic E-state index is 0.157. The number of aryl methyl sites for hydroxylation is 1. The van der Waals surface area contributed by atoms with Crippen molar-refractivity contribution in [3.05, 3.63) is 40.1 Å². The molecule has 3 rings (SSSR count). The number of hydrogen-bond acceptors (Lipinski definition) is 2. The van der Waals surface area contributed by atoms with Crippen LogP contribution in [0.2, 0.25) is 5.02 Å². The summed E-state index contributed by atoms with van der Waals surface area (Å²) in [6.07, 6.45) is 0.931. The van der Waals surface area contributed by atoms with E-state index in [1.165, 1.54) is 0 Å². The van der Waals surface area contributed by atoms with Gasteiger partial charge in [0.25, 0.3) is 0 Å². The van der Waals surface area contributed by atoms with Gasteiger partial charge in [0, 0.05) is 11.1 Å². The minimum atomic E-state index is -1.38. The molecular formula is C14H12Cl2FNO. The van der Waals surface area contributed by atoms with Crippen LogP contribution in [0, 0.1) is 6.92 Å². The molecular weight excluding hydrogens is 288 g/mol. The molecule has 1 fully saturated rings. The van der Waals surface area contributed by atoms with Gasteiger partial charge in [-0.25, -0.2) is 4.39 Å². The molecule has 100 valence electrons. The van der Waals surface area contributed by atoms with Crippen molar-refractivity contribution in [2.75, 3.05) is 0 Å². The lowest BCUT2D eigenvalue weighted by atomic mass is 10.0. The van der Waals surface area contributed by atoms with Crippen molar-refractivity contribution in [3.8, 4) is 11.3 Å². The van der Waals surface area contributed by atoms with E-state index in [1.807, 2.05) is 19.1 Å². The second-order valence-corrected chi connectivity index (χ2v) is 5.54. The smallest absolute Gasteiger partial charge is 0.178 e. The minimum Gasteiger partial charge on any atom is -0.357 e. The maximum Gasteiger partial charge on any atom is 0.178 e. The molecule has 0 aliphatic heterocycles. The van der Waals surface area contributed by atoms with Gasteiger partial charge in [-0.15, -0.1) is 11.6 Å². The van der Waals surface area contributed by atoms with E-state index in [2.05, 4.69) is 5.16 Å². The normalized spacial score (nSPS) is 16.6. The summed E-state index contributed by atoms with van der Waals surface area (Å²) in [6.45, 7) is 1.93. The molecule has 0 bridgehead atoms. The van der Waals surface area contributed by atoms with Gasteiger partial charge in [-0.3, -0.25) is 0 Å². The molecule has 1 aliphatic rings. The number of rotatable bonds is 3. The lowest BCUT2D eigenvalue weighted by Gasteiger charge is -2.07. The van der Waals surface area contributed by atoms with E-state index in [1.54, 1.807) is 6.07 Å². The first kappa shape index (κ1) is 12.9. The summed E-state index contributed by atoms with van der Waals surface area (Å²) >= 11 is 12.2. The van der Waals surface area contributed by atoms with Crippen molar-refractivity contribution < 1.29 is 8.91 Å². The van der Waals surface area contributed by atoms with Gasteiger partial charge in [-0.05, 0) is 31.4 Å². The number of halogens is 3. The van der Waals surface area contributed by atoms with Gasteiger partial charge in [-0.2, -0.15) is 0 Å². The van der Waals surface area contributed by atoms with Crippen LogP contribution in [0.4, 0.5) is 4.39 Å². The highest BCUT2D eigenvalue weighted by Gasteiger charge is 2.50. The van der Waals surface area contributed by atoms with Crippen LogP contribution >= 0.6 is 23.2 Å². The summed E-state index contributed by atoms with van der Waals surface area (Å²) in [5, 5.41) is 4.57. The van der Waals surface area contributed by atoms with E-state index >= 15 is 0 Å². The highest BCUT2D eigenvalue weighted by atomic mass is 35.5. The average Bonchev–Trinajstić information content (AvgIpc) is 2.98. The fourth-order valence-electron chi connectivity index (χ4n) is 2.25. The molecule has 5 heteroatoms. The Morgan fingerprint density at radius 3 is 2.74 bits per heavy atom. The molecule has 0 N–H and O–H groups in total. The molecule has 1 aliphatic carbocycles. The largest absolute Gasteiger partial charge is 0.357 e. The van der Waals surface area contributed by atoms with E-state index in [9.17, 15) is 4.39 Å². The number of benzene rings is 1. The predicted octanol–water partition coefficient (Wildman–Crippen LogP) is 5.00. The van der Waals surface area contributed by atoms with Gasteiger partial charge in [0.2, 0.25) is 0 Å². The van der Waals surface area contributed by atoms with E-state index in [0.717, 1.165) is 11.1 Å². The monoisotopic (exact) mass is 299 g/mol. The zero-order valence-corrected chi connectivity index (χ0v) is 11.9. The Morgan fingerprint density at radius 1 is 1.42 bits per heavy atom. The molecule has 1 heterocycles. The summed E-state index contributed by atoms with van der Waals surface area (Å²) in [5.41, 5.74) is 1.50. The Kier molecular flexibility index (Phi) is 3.06. The lowest BCUT2D eigenvalue weighted by molar-refractivity contribution is 0.233. The Labute approximate surface area is 120 Å². The van der Waals surface area contributed by atoms with E-state index < -0.39 is 5.67 Å². The maximum absolute atomic E-state index is 14.2. The fraction of sp³-hybridized carbons (Fsp3) is 0.357. The molecule has 2 nitrogen and oxygen atoms in total. The maximum atomic E-state index is 14.2. The molecule has 1 saturated carbocycles. The molecule has 0 atom stereocenters. The SMILES string of the molecule is Cc1cccc(Cl)c1-c1noc(C2(F)CC2)c1CCl. The van der Waals surface area contributed by atoms with Crippen molar-refractivity contribution in [2.45, 2.75) is 31.3 Å². The highest BCUT2D eigenvalue weighted by molar-refractivity contribution is 6.33. The van der Waals surface area contributed by atoms with E-state index in [4.69, 9.17) is 27.7 Å². The van der Waals surface area contributed by atoms with Gasteiger partial charge >= 0.3 is 0 Å².